The van der Waals surface area contributed by atoms with Crippen LogP contribution in [-0.4, -0.2) is 41.1 Å². The van der Waals surface area contributed by atoms with Crippen molar-refractivity contribution in [1.29, 1.82) is 0 Å². The fourth-order valence-corrected chi connectivity index (χ4v) is 2.82. The molecule has 0 bridgehead atoms. The highest BCUT2D eigenvalue weighted by molar-refractivity contribution is 6.01. The zero-order valence-corrected chi connectivity index (χ0v) is 12.6. The fourth-order valence-electron chi connectivity index (χ4n) is 2.82. The Morgan fingerprint density at radius 1 is 1.09 bits per heavy atom. The summed E-state index contributed by atoms with van der Waals surface area (Å²) in [6, 6.07) is 17.2. The molecule has 5 heteroatoms. The van der Waals surface area contributed by atoms with E-state index in [1.54, 1.807) is 4.90 Å². The van der Waals surface area contributed by atoms with Crippen LogP contribution in [-0.2, 0) is 0 Å². The first-order valence-corrected chi connectivity index (χ1v) is 7.59. The van der Waals surface area contributed by atoms with Gasteiger partial charge in [0.2, 0.25) is 0 Å². The molecule has 1 fully saturated rings. The predicted octanol–water partition coefficient (Wildman–Crippen LogP) is 2.84. The highest BCUT2D eigenvalue weighted by atomic mass is 16.4. The van der Waals surface area contributed by atoms with E-state index in [4.69, 9.17) is 5.11 Å². The maximum Gasteiger partial charge on any atom is 0.404 e. The Bertz CT molecular complexity index is 715. The predicted molar refractivity (Wildman–Crippen MR) is 87.3 cm³/mol. The van der Waals surface area contributed by atoms with Gasteiger partial charge in [0.1, 0.15) is 0 Å². The number of carbonyl (C=O) groups is 2. The summed E-state index contributed by atoms with van der Waals surface area (Å²) in [7, 11) is 0. The van der Waals surface area contributed by atoms with Crippen LogP contribution in [0.25, 0.3) is 11.1 Å². The van der Waals surface area contributed by atoms with Crippen LogP contribution in [0.5, 0.6) is 0 Å². The Morgan fingerprint density at radius 2 is 1.78 bits per heavy atom. The second kappa shape index (κ2) is 6.52. The topological polar surface area (TPSA) is 69.6 Å². The van der Waals surface area contributed by atoms with Gasteiger partial charge in [0.15, 0.2) is 0 Å². The summed E-state index contributed by atoms with van der Waals surface area (Å²) < 4.78 is 0. The second-order valence-corrected chi connectivity index (χ2v) is 5.54. The Labute approximate surface area is 134 Å². The summed E-state index contributed by atoms with van der Waals surface area (Å²) in [5, 5.41) is 11.1. The Kier molecular flexibility index (Phi) is 4.28. The molecule has 0 radical (unpaired) electrons. The Morgan fingerprint density at radius 3 is 2.43 bits per heavy atom. The molecule has 2 N–H and O–H groups in total. The SMILES string of the molecule is O=C(O)NCC1CCN1C(=O)c1ccccc1-c1ccccc1. The number of amides is 2. The van der Waals surface area contributed by atoms with Crippen LogP contribution in [0.1, 0.15) is 16.8 Å². The van der Waals surface area contributed by atoms with Crippen molar-refractivity contribution in [1.82, 2.24) is 10.2 Å². The molecule has 118 valence electrons. The summed E-state index contributed by atoms with van der Waals surface area (Å²) >= 11 is 0. The van der Waals surface area contributed by atoms with E-state index in [-0.39, 0.29) is 18.5 Å². The number of nitrogens with one attached hydrogen (secondary N) is 1. The minimum atomic E-state index is -1.06. The van der Waals surface area contributed by atoms with Crippen LogP contribution >= 0.6 is 0 Å². The Balaban J connectivity index is 1.82. The van der Waals surface area contributed by atoms with Crippen molar-refractivity contribution in [2.75, 3.05) is 13.1 Å². The second-order valence-electron chi connectivity index (χ2n) is 5.54. The average molecular weight is 310 g/mol. The van der Waals surface area contributed by atoms with Gasteiger partial charge in [0.05, 0.1) is 6.04 Å². The number of rotatable bonds is 4. The van der Waals surface area contributed by atoms with Crippen molar-refractivity contribution in [3.8, 4) is 11.1 Å². The molecule has 0 spiro atoms. The quantitative estimate of drug-likeness (QED) is 0.912. The van der Waals surface area contributed by atoms with Crippen molar-refractivity contribution in [3.05, 3.63) is 60.2 Å². The van der Waals surface area contributed by atoms with Gasteiger partial charge in [-0.25, -0.2) is 4.79 Å². The first kappa shape index (κ1) is 15.1. The highest BCUT2D eigenvalue weighted by Crippen LogP contribution is 2.27. The first-order chi connectivity index (χ1) is 11.2. The molecule has 3 rings (SSSR count). The average Bonchev–Trinajstić information content (AvgIpc) is 2.54. The van der Waals surface area contributed by atoms with Crippen molar-refractivity contribution in [2.24, 2.45) is 0 Å². The van der Waals surface area contributed by atoms with E-state index in [0.29, 0.717) is 12.1 Å². The molecular formula is C18H18N2O3. The third-order valence-electron chi connectivity index (χ3n) is 4.14. The maximum atomic E-state index is 12.8. The smallest absolute Gasteiger partial charge is 0.404 e. The molecule has 0 aliphatic carbocycles. The molecule has 1 atom stereocenters. The van der Waals surface area contributed by atoms with Gasteiger partial charge in [0, 0.05) is 18.7 Å². The van der Waals surface area contributed by atoms with E-state index in [2.05, 4.69) is 5.32 Å². The van der Waals surface area contributed by atoms with Crippen molar-refractivity contribution in [2.45, 2.75) is 12.5 Å². The van der Waals surface area contributed by atoms with Gasteiger partial charge in [-0.3, -0.25) is 4.79 Å². The Hall–Kier alpha value is -2.82. The summed E-state index contributed by atoms with van der Waals surface area (Å²) in [5.41, 5.74) is 2.55. The summed E-state index contributed by atoms with van der Waals surface area (Å²) in [6.07, 6.45) is -0.242. The molecule has 1 unspecified atom stereocenters. The molecule has 0 saturated carbocycles. The minimum Gasteiger partial charge on any atom is -0.465 e. The molecule has 1 saturated heterocycles. The van der Waals surface area contributed by atoms with Gasteiger partial charge >= 0.3 is 6.09 Å². The molecule has 1 aliphatic heterocycles. The zero-order valence-electron chi connectivity index (χ0n) is 12.6. The summed E-state index contributed by atoms with van der Waals surface area (Å²) in [4.78, 5) is 25.2. The number of hydrogen-bond acceptors (Lipinski definition) is 2. The van der Waals surface area contributed by atoms with E-state index in [1.807, 2.05) is 54.6 Å². The van der Waals surface area contributed by atoms with E-state index < -0.39 is 6.09 Å². The molecule has 23 heavy (non-hydrogen) atoms. The molecule has 2 aromatic carbocycles. The molecule has 1 aliphatic rings. The third-order valence-corrected chi connectivity index (χ3v) is 4.14. The van der Waals surface area contributed by atoms with E-state index in [1.165, 1.54) is 0 Å². The third kappa shape index (κ3) is 3.18. The van der Waals surface area contributed by atoms with Crippen LogP contribution in [0.3, 0.4) is 0 Å². The summed E-state index contributed by atoms with van der Waals surface area (Å²) in [6.45, 7) is 0.933. The van der Waals surface area contributed by atoms with Gasteiger partial charge in [-0.1, -0.05) is 48.5 Å². The van der Waals surface area contributed by atoms with E-state index >= 15 is 0 Å². The molecule has 1 heterocycles. The van der Waals surface area contributed by atoms with Crippen molar-refractivity contribution >= 4 is 12.0 Å². The van der Waals surface area contributed by atoms with Gasteiger partial charge in [-0.05, 0) is 23.6 Å². The lowest BCUT2D eigenvalue weighted by Gasteiger charge is -2.41. The number of hydrogen-bond donors (Lipinski definition) is 2. The van der Waals surface area contributed by atoms with Crippen LogP contribution < -0.4 is 5.32 Å². The monoisotopic (exact) mass is 310 g/mol. The first-order valence-electron chi connectivity index (χ1n) is 7.59. The van der Waals surface area contributed by atoms with Gasteiger partial charge in [0.25, 0.3) is 5.91 Å². The lowest BCUT2D eigenvalue weighted by atomic mass is 9.95. The molecule has 0 aromatic heterocycles. The molecular weight excluding hydrogens is 292 g/mol. The number of benzene rings is 2. The van der Waals surface area contributed by atoms with Gasteiger partial charge in [-0.15, -0.1) is 0 Å². The number of nitrogens with zero attached hydrogens (tertiary/aromatic N) is 1. The molecule has 5 nitrogen and oxygen atoms in total. The number of carbonyl (C=O) groups excluding carboxylic acids is 1. The zero-order chi connectivity index (χ0) is 16.2. The van der Waals surface area contributed by atoms with Crippen LogP contribution in [0.4, 0.5) is 4.79 Å². The van der Waals surface area contributed by atoms with Crippen molar-refractivity contribution < 1.29 is 14.7 Å². The summed E-state index contributed by atoms with van der Waals surface area (Å²) in [5.74, 6) is -0.0482. The van der Waals surface area contributed by atoms with Gasteiger partial charge < -0.3 is 15.3 Å². The minimum absolute atomic E-state index is 0.0482. The number of carboxylic acid groups (broad SMARTS) is 1. The largest absolute Gasteiger partial charge is 0.465 e. The number of likely N-dealkylation sites (tertiary alicyclic amines) is 1. The van der Waals surface area contributed by atoms with Crippen molar-refractivity contribution in [3.63, 3.8) is 0 Å². The molecule has 2 aromatic rings. The lowest BCUT2D eigenvalue weighted by Crippen LogP contribution is -2.55. The highest BCUT2D eigenvalue weighted by Gasteiger charge is 2.33. The van der Waals surface area contributed by atoms with Crippen LogP contribution in [0.15, 0.2) is 54.6 Å². The molecule has 2 amide bonds. The van der Waals surface area contributed by atoms with Crippen LogP contribution in [0.2, 0.25) is 0 Å². The van der Waals surface area contributed by atoms with Gasteiger partial charge in [-0.2, -0.15) is 0 Å². The van der Waals surface area contributed by atoms with E-state index in [0.717, 1.165) is 17.5 Å². The standard InChI is InChI=1S/C18H18N2O3/c21-17(20-11-10-14(20)12-19-18(22)23)16-9-5-4-8-15(16)13-6-2-1-3-7-13/h1-9,14,19H,10-12H2,(H,22,23). The lowest BCUT2D eigenvalue weighted by molar-refractivity contribution is 0.0463. The normalized spacial score (nSPS) is 16.5. The fraction of sp³-hybridized carbons (Fsp3) is 0.222. The van der Waals surface area contributed by atoms with E-state index in [9.17, 15) is 9.59 Å². The van der Waals surface area contributed by atoms with Crippen LogP contribution in [0, 0.1) is 0 Å². The maximum absolute atomic E-state index is 12.8.